The van der Waals surface area contributed by atoms with Crippen molar-refractivity contribution in [2.24, 2.45) is 16.5 Å². The van der Waals surface area contributed by atoms with Gasteiger partial charge in [0.15, 0.2) is 12.2 Å². The van der Waals surface area contributed by atoms with Crippen molar-refractivity contribution in [1.29, 1.82) is 0 Å². The monoisotopic (exact) mass is 415 g/mol. The second kappa shape index (κ2) is 10.6. The number of phenolic OH excluding ortho intramolecular Hbond substituents is 1. The maximum absolute atomic E-state index is 12.7. The number of carbonyl (C=O) groups excluding carboxylic acids is 2. The van der Waals surface area contributed by atoms with Crippen molar-refractivity contribution in [2.45, 2.75) is 32.5 Å². The Hall–Kier alpha value is -3.82. The Labute approximate surface area is 173 Å². The molecule has 1 aromatic heterocycles. The normalized spacial score (nSPS) is 12.3. The summed E-state index contributed by atoms with van der Waals surface area (Å²) in [5.41, 5.74) is 11.2. The van der Waals surface area contributed by atoms with Crippen LogP contribution in [-0.4, -0.2) is 40.8 Å². The molecule has 1 heterocycles. The van der Waals surface area contributed by atoms with Crippen LogP contribution in [0.2, 0.25) is 0 Å². The van der Waals surface area contributed by atoms with E-state index in [-0.39, 0.29) is 36.0 Å². The van der Waals surface area contributed by atoms with Gasteiger partial charge in [-0.3, -0.25) is 14.6 Å². The van der Waals surface area contributed by atoms with E-state index in [4.69, 9.17) is 20.9 Å². The minimum atomic E-state index is -0.678. The van der Waals surface area contributed by atoms with Gasteiger partial charge in [0.25, 0.3) is 5.91 Å². The van der Waals surface area contributed by atoms with Gasteiger partial charge in [-0.05, 0) is 37.6 Å². The summed E-state index contributed by atoms with van der Waals surface area (Å²) in [6.07, 6.45) is 2.38. The van der Waals surface area contributed by atoms with E-state index in [1.807, 2.05) is 0 Å². The largest absolute Gasteiger partial charge is 0.507 e. The minimum absolute atomic E-state index is 0.00888. The van der Waals surface area contributed by atoms with Crippen LogP contribution in [0.25, 0.3) is 0 Å². The first kappa shape index (κ1) is 22.5. The molecule has 10 heteroatoms. The van der Waals surface area contributed by atoms with E-state index in [0.29, 0.717) is 5.56 Å². The number of pyridine rings is 1. The van der Waals surface area contributed by atoms with Crippen molar-refractivity contribution in [3.8, 4) is 11.5 Å². The number of aromatic hydroxyl groups is 1. The SMILES string of the molecule is CCOC(=O)CC(NC(=O)c1ccc(OC(C)N=C(N)N)cc1O)c1cccnc1. The first-order chi connectivity index (χ1) is 14.3. The lowest BCUT2D eigenvalue weighted by Crippen LogP contribution is -2.30. The maximum Gasteiger partial charge on any atom is 0.308 e. The van der Waals surface area contributed by atoms with E-state index in [2.05, 4.69) is 15.3 Å². The van der Waals surface area contributed by atoms with Crippen LogP contribution < -0.4 is 21.5 Å². The van der Waals surface area contributed by atoms with Crippen LogP contribution in [0.5, 0.6) is 11.5 Å². The first-order valence-corrected chi connectivity index (χ1v) is 9.25. The molecule has 0 aliphatic heterocycles. The molecule has 0 saturated heterocycles. The highest BCUT2D eigenvalue weighted by Crippen LogP contribution is 2.26. The number of guanidine groups is 1. The van der Waals surface area contributed by atoms with Crippen molar-refractivity contribution in [2.75, 3.05) is 6.61 Å². The molecule has 0 spiro atoms. The molecule has 0 aliphatic carbocycles. The van der Waals surface area contributed by atoms with Crippen molar-refractivity contribution in [3.63, 3.8) is 0 Å². The lowest BCUT2D eigenvalue weighted by molar-refractivity contribution is -0.143. The zero-order chi connectivity index (χ0) is 22.1. The molecular formula is C20H25N5O5. The smallest absolute Gasteiger partial charge is 0.308 e. The van der Waals surface area contributed by atoms with E-state index in [9.17, 15) is 14.7 Å². The number of amides is 1. The zero-order valence-corrected chi connectivity index (χ0v) is 16.7. The number of ether oxygens (including phenoxy) is 2. The number of nitrogens with one attached hydrogen (secondary N) is 1. The minimum Gasteiger partial charge on any atom is -0.507 e. The molecule has 0 saturated carbocycles. The summed E-state index contributed by atoms with van der Waals surface area (Å²) in [5, 5.41) is 13.0. The second-order valence-electron chi connectivity index (χ2n) is 6.27. The predicted octanol–water partition coefficient (Wildman–Crippen LogP) is 1.21. The number of phenols is 1. The standard InChI is InChI=1S/C20H25N5O5/c1-3-29-18(27)10-16(13-5-4-8-23-11-13)25-19(28)15-7-6-14(9-17(15)26)30-12(2)24-20(21)22/h4-9,11-12,16,26H,3,10H2,1-2H3,(H,25,28)(H4,21,22,24). The molecule has 6 N–H and O–H groups in total. The number of nitrogens with zero attached hydrogens (tertiary/aromatic N) is 2. The summed E-state index contributed by atoms with van der Waals surface area (Å²) in [7, 11) is 0. The molecule has 2 unspecified atom stereocenters. The van der Waals surface area contributed by atoms with Crippen LogP contribution in [0, 0.1) is 0 Å². The molecule has 30 heavy (non-hydrogen) atoms. The summed E-state index contributed by atoms with van der Waals surface area (Å²) in [6, 6.07) is 6.92. The number of nitrogens with two attached hydrogens (primary N) is 2. The van der Waals surface area contributed by atoms with Crippen LogP contribution in [0.15, 0.2) is 47.7 Å². The van der Waals surface area contributed by atoms with E-state index in [1.54, 1.807) is 38.4 Å². The molecule has 1 amide bonds. The highest BCUT2D eigenvalue weighted by atomic mass is 16.5. The van der Waals surface area contributed by atoms with Gasteiger partial charge in [-0.1, -0.05) is 6.07 Å². The number of aromatic nitrogens is 1. The molecule has 2 atom stereocenters. The molecular weight excluding hydrogens is 390 g/mol. The van der Waals surface area contributed by atoms with Gasteiger partial charge < -0.3 is 31.4 Å². The number of esters is 1. The Morgan fingerprint density at radius 1 is 1.30 bits per heavy atom. The molecule has 0 fully saturated rings. The van der Waals surface area contributed by atoms with E-state index >= 15 is 0 Å². The summed E-state index contributed by atoms with van der Waals surface area (Å²) in [5.74, 6) is -1.20. The van der Waals surface area contributed by atoms with Gasteiger partial charge in [0.1, 0.15) is 11.5 Å². The topological polar surface area (TPSA) is 162 Å². The van der Waals surface area contributed by atoms with Crippen LogP contribution in [0.1, 0.15) is 42.2 Å². The summed E-state index contributed by atoms with van der Waals surface area (Å²) in [4.78, 5) is 32.5. The number of hydrogen-bond donors (Lipinski definition) is 4. The Balaban J connectivity index is 2.16. The predicted molar refractivity (Wildman–Crippen MR) is 110 cm³/mol. The molecule has 160 valence electrons. The first-order valence-electron chi connectivity index (χ1n) is 9.25. The average molecular weight is 415 g/mol. The number of hydrogen-bond acceptors (Lipinski definition) is 7. The lowest BCUT2D eigenvalue weighted by Gasteiger charge is -2.19. The Bertz CT molecular complexity index is 900. The molecule has 0 bridgehead atoms. The Morgan fingerprint density at radius 3 is 2.67 bits per heavy atom. The fraction of sp³-hybridized carbons (Fsp3) is 0.300. The van der Waals surface area contributed by atoms with Crippen molar-refractivity contribution >= 4 is 17.8 Å². The maximum atomic E-state index is 12.7. The number of benzene rings is 1. The van der Waals surface area contributed by atoms with Crippen LogP contribution in [-0.2, 0) is 9.53 Å². The molecule has 0 aliphatic rings. The Kier molecular flexibility index (Phi) is 7.98. The van der Waals surface area contributed by atoms with Gasteiger partial charge in [0.2, 0.25) is 0 Å². The fourth-order valence-electron chi connectivity index (χ4n) is 2.67. The third kappa shape index (κ3) is 6.66. The quantitative estimate of drug-likeness (QED) is 0.270. The van der Waals surface area contributed by atoms with E-state index in [0.717, 1.165) is 0 Å². The highest BCUT2D eigenvalue weighted by Gasteiger charge is 2.22. The van der Waals surface area contributed by atoms with Gasteiger partial charge >= 0.3 is 5.97 Å². The highest BCUT2D eigenvalue weighted by molar-refractivity contribution is 5.97. The summed E-state index contributed by atoms with van der Waals surface area (Å²) < 4.78 is 10.4. The molecule has 1 aromatic carbocycles. The van der Waals surface area contributed by atoms with Gasteiger partial charge in [0.05, 0.1) is 24.6 Å². The van der Waals surface area contributed by atoms with Crippen LogP contribution in [0.4, 0.5) is 0 Å². The van der Waals surface area contributed by atoms with Crippen molar-refractivity contribution < 1.29 is 24.2 Å². The fourth-order valence-corrected chi connectivity index (χ4v) is 2.67. The van der Waals surface area contributed by atoms with Gasteiger partial charge in [-0.25, -0.2) is 4.99 Å². The van der Waals surface area contributed by atoms with Crippen LogP contribution in [0.3, 0.4) is 0 Å². The molecule has 10 nitrogen and oxygen atoms in total. The Morgan fingerprint density at radius 2 is 2.07 bits per heavy atom. The molecule has 2 rings (SSSR count). The average Bonchev–Trinajstić information content (AvgIpc) is 2.67. The second-order valence-corrected chi connectivity index (χ2v) is 6.27. The van der Waals surface area contributed by atoms with Gasteiger partial charge in [-0.2, -0.15) is 0 Å². The van der Waals surface area contributed by atoms with Crippen LogP contribution >= 0.6 is 0 Å². The lowest BCUT2D eigenvalue weighted by atomic mass is 10.0. The van der Waals surface area contributed by atoms with Gasteiger partial charge in [0, 0.05) is 18.5 Å². The van der Waals surface area contributed by atoms with E-state index in [1.165, 1.54) is 18.2 Å². The number of rotatable bonds is 9. The number of aliphatic imine (C=N–C) groups is 1. The number of carbonyl (C=O) groups is 2. The summed E-state index contributed by atoms with van der Waals surface area (Å²) in [6.45, 7) is 3.55. The molecule has 0 radical (unpaired) electrons. The van der Waals surface area contributed by atoms with Crippen molar-refractivity contribution in [1.82, 2.24) is 10.3 Å². The van der Waals surface area contributed by atoms with E-state index < -0.39 is 24.1 Å². The zero-order valence-electron chi connectivity index (χ0n) is 16.7. The molecule has 2 aromatic rings. The van der Waals surface area contributed by atoms with Crippen molar-refractivity contribution in [3.05, 3.63) is 53.9 Å². The third-order valence-electron chi connectivity index (χ3n) is 3.92. The summed E-state index contributed by atoms with van der Waals surface area (Å²) >= 11 is 0. The third-order valence-corrected chi connectivity index (χ3v) is 3.92. The van der Waals surface area contributed by atoms with Gasteiger partial charge in [-0.15, -0.1) is 0 Å².